The van der Waals surface area contributed by atoms with E-state index in [1.165, 1.54) is 0 Å². The van der Waals surface area contributed by atoms with Gasteiger partial charge in [-0.2, -0.15) is 0 Å². The molecule has 8 heteroatoms. The van der Waals surface area contributed by atoms with Gasteiger partial charge < -0.3 is 24.8 Å². The van der Waals surface area contributed by atoms with Crippen LogP contribution in [0, 0.1) is 5.92 Å². The van der Waals surface area contributed by atoms with Crippen LogP contribution in [0.25, 0.3) is 0 Å². The number of urea groups is 1. The van der Waals surface area contributed by atoms with Gasteiger partial charge in [0.2, 0.25) is 0 Å². The van der Waals surface area contributed by atoms with Gasteiger partial charge in [-0.1, -0.05) is 13.0 Å². The molecule has 0 radical (unpaired) electrons. The van der Waals surface area contributed by atoms with Crippen LogP contribution < -0.4 is 15.4 Å². The van der Waals surface area contributed by atoms with Crippen molar-refractivity contribution in [2.75, 3.05) is 40.5 Å². The number of likely N-dealkylation sites (tertiary alicyclic amines) is 1. The summed E-state index contributed by atoms with van der Waals surface area (Å²) in [7, 11) is 3.21. The molecular formula is C23H33N3O5. The molecule has 2 aliphatic rings. The highest BCUT2D eigenvalue weighted by Gasteiger charge is 2.35. The predicted molar refractivity (Wildman–Crippen MR) is 117 cm³/mol. The Bertz CT molecular complexity index is 831. The van der Waals surface area contributed by atoms with E-state index in [2.05, 4.69) is 22.5 Å². The molecule has 1 saturated heterocycles. The lowest BCUT2D eigenvalue weighted by molar-refractivity contribution is -0.139. The number of hydrogen-bond donors (Lipinski definition) is 2. The average molecular weight is 432 g/mol. The lowest BCUT2D eigenvalue weighted by Gasteiger charge is -2.34. The molecule has 3 rings (SSSR count). The second-order valence-corrected chi connectivity index (χ2v) is 8.11. The molecule has 170 valence electrons. The van der Waals surface area contributed by atoms with Gasteiger partial charge in [0.1, 0.15) is 5.75 Å². The first-order valence-electron chi connectivity index (χ1n) is 10.8. The average Bonchev–Trinajstić information content (AvgIpc) is 2.75. The van der Waals surface area contributed by atoms with Gasteiger partial charge in [-0.05, 0) is 56.5 Å². The van der Waals surface area contributed by atoms with Crippen LogP contribution >= 0.6 is 0 Å². The third-order valence-corrected chi connectivity index (χ3v) is 5.84. The fraction of sp³-hybridized carbons (Fsp3) is 0.565. The standard InChI is InChI=1S/C23H33N3O5/c1-5-31-22(27)20-18(13-26-10-8-15(2)9-11-26)24-23(28)25-21(20)16-6-7-19(30-4)17(12-16)14-29-3/h6-7,12,15,21H,5,8-11,13-14H2,1-4H3,(H2,24,25,28)/t21-/m0/s1. The van der Waals surface area contributed by atoms with E-state index in [9.17, 15) is 9.59 Å². The summed E-state index contributed by atoms with van der Waals surface area (Å²) in [5.41, 5.74) is 2.65. The monoisotopic (exact) mass is 431 g/mol. The molecule has 0 aromatic heterocycles. The molecule has 0 bridgehead atoms. The largest absolute Gasteiger partial charge is 0.496 e. The molecule has 1 aromatic carbocycles. The summed E-state index contributed by atoms with van der Waals surface area (Å²) in [6.07, 6.45) is 2.22. The first-order chi connectivity index (χ1) is 15.0. The van der Waals surface area contributed by atoms with Crippen molar-refractivity contribution in [2.45, 2.75) is 39.3 Å². The van der Waals surface area contributed by atoms with Gasteiger partial charge in [0.25, 0.3) is 0 Å². The second-order valence-electron chi connectivity index (χ2n) is 8.11. The zero-order chi connectivity index (χ0) is 22.4. The van der Waals surface area contributed by atoms with Crippen molar-refractivity contribution in [3.8, 4) is 5.75 Å². The molecule has 0 spiro atoms. The Labute approximate surface area is 183 Å². The third kappa shape index (κ3) is 5.57. The summed E-state index contributed by atoms with van der Waals surface area (Å²) in [5, 5.41) is 5.76. The van der Waals surface area contributed by atoms with Crippen molar-refractivity contribution in [1.82, 2.24) is 15.5 Å². The third-order valence-electron chi connectivity index (χ3n) is 5.84. The Morgan fingerprint density at radius 3 is 2.61 bits per heavy atom. The Balaban J connectivity index is 1.99. The van der Waals surface area contributed by atoms with E-state index < -0.39 is 12.0 Å². The van der Waals surface area contributed by atoms with Gasteiger partial charge >= 0.3 is 12.0 Å². The lowest BCUT2D eigenvalue weighted by atomic mass is 9.93. The fourth-order valence-electron chi connectivity index (χ4n) is 4.13. The molecular weight excluding hydrogens is 398 g/mol. The maximum absolute atomic E-state index is 13.0. The van der Waals surface area contributed by atoms with Crippen LogP contribution in [0.5, 0.6) is 5.75 Å². The van der Waals surface area contributed by atoms with Crippen molar-refractivity contribution in [1.29, 1.82) is 0 Å². The molecule has 2 N–H and O–H groups in total. The number of benzene rings is 1. The summed E-state index contributed by atoms with van der Waals surface area (Å²) < 4.78 is 16.1. The number of ether oxygens (including phenoxy) is 3. The number of hydrogen-bond acceptors (Lipinski definition) is 6. The maximum atomic E-state index is 13.0. The van der Waals surface area contributed by atoms with Crippen LogP contribution in [-0.4, -0.2) is 57.4 Å². The number of nitrogens with zero attached hydrogens (tertiary/aromatic N) is 1. The molecule has 31 heavy (non-hydrogen) atoms. The highest BCUT2D eigenvalue weighted by Crippen LogP contribution is 2.32. The molecule has 0 saturated carbocycles. The quantitative estimate of drug-likeness (QED) is 0.616. The van der Waals surface area contributed by atoms with Crippen molar-refractivity contribution < 1.29 is 23.8 Å². The van der Waals surface area contributed by atoms with Crippen LogP contribution in [-0.2, 0) is 20.9 Å². The van der Waals surface area contributed by atoms with Gasteiger partial charge in [0, 0.05) is 24.9 Å². The van der Waals surface area contributed by atoms with Crippen molar-refractivity contribution in [2.24, 2.45) is 5.92 Å². The van der Waals surface area contributed by atoms with Gasteiger partial charge in [-0.15, -0.1) is 0 Å². The lowest BCUT2D eigenvalue weighted by Crippen LogP contribution is -2.49. The normalized spacial score (nSPS) is 20.3. The van der Waals surface area contributed by atoms with E-state index in [0.29, 0.717) is 36.1 Å². The Kier molecular flexibility index (Phi) is 7.92. The predicted octanol–water partition coefficient (Wildman–Crippen LogP) is 2.74. The summed E-state index contributed by atoms with van der Waals surface area (Å²) in [6.45, 7) is 7.03. The van der Waals surface area contributed by atoms with Gasteiger partial charge in [0.05, 0.1) is 31.9 Å². The first kappa shape index (κ1) is 23.1. The molecule has 2 amide bonds. The number of rotatable bonds is 8. The smallest absolute Gasteiger partial charge is 0.338 e. The zero-order valence-corrected chi connectivity index (χ0v) is 18.8. The van der Waals surface area contributed by atoms with Gasteiger partial charge in [-0.25, -0.2) is 9.59 Å². The minimum atomic E-state index is -0.618. The van der Waals surface area contributed by atoms with E-state index in [1.807, 2.05) is 18.2 Å². The highest BCUT2D eigenvalue weighted by atomic mass is 16.5. The van der Waals surface area contributed by atoms with Gasteiger partial charge in [-0.3, -0.25) is 4.90 Å². The van der Waals surface area contributed by atoms with Crippen LogP contribution in [0.4, 0.5) is 4.79 Å². The number of esters is 1. The van der Waals surface area contributed by atoms with E-state index >= 15 is 0 Å². The second kappa shape index (κ2) is 10.6. The van der Waals surface area contributed by atoms with Crippen molar-refractivity contribution >= 4 is 12.0 Å². The topological polar surface area (TPSA) is 89.1 Å². The van der Waals surface area contributed by atoms with E-state index in [1.54, 1.807) is 21.1 Å². The molecule has 1 fully saturated rings. The van der Waals surface area contributed by atoms with E-state index in [-0.39, 0.29) is 12.6 Å². The molecule has 2 heterocycles. The molecule has 2 aliphatic heterocycles. The first-order valence-corrected chi connectivity index (χ1v) is 10.8. The number of piperidine rings is 1. The Morgan fingerprint density at radius 1 is 1.23 bits per heavy atom. The molecule has 1 atom stereocenters. The summed E-state index contributed by atoms with van der Waals surface area (Å²) in [6, 6.07) is 4.63. The number of carbonyl (C=O) groups excluding carboxylic acids is 2. The molecule has 8 nitrogen and oxygen atoms in total. The van der Waals surface area contributed by atoms with E-state index in [4.69, 9.17) is 14.2 Å². The highest BCUT2D eigenvalue weighted by molar-refractivity contribution is 5.95. The summed E-state index contributed by atoms with van der Waals surface area (Å²) >= 11 is 0. The molecule has 1 aromatic rings. The maximum Gasteiger partial charge on any atom is 0.338 e. The van der Waals surface area contributed by atoms with E-state index in [0.717, 1.165) is 37.1 Å². The van der Waals surface area contributed by atoms with Crippen LogP contribution in [0.1, 0.15) is 43.9 Å². The Hall–Kier alpha value is -2.58. The van der Waals surface area contributed by atoms with Gasteiger partial charge in [0.15, 0.2) is 0 Å². The number of carbonyl (C=O) groups is 2. The minimum absolute atomic E-state index is 0.259. The SMILES string of the molecule is CCOC(=O)C1=C(CN2CCC(C)CC2)NC(=O)N[C@H]1c1ccc(OC)c(COC)c1. The Morgan fingerprint density at radius 2 is 1.97 bits per heavy atom. The van der Waals surface area contributed by atoms with Crippen molar-refractivity contribution in [3.63, 3.8) is 0 Å². The molecule has 0 unspecified atom stereocenters. The zero-order valence-electron chi connectivity index (χ0n) is 18.8. The number of nitrogens with one attached hydrogen (secondary N) is 2. The fourth-order valence-corrected chi connectivity index (χ4v) is 4.13. The molecule has 0 aliphatic carbocycles. The minimum Gasteiger partial charge on any atom is -0.496 e. The van der Waals surface area contributed by atoms with Crippen LogP contribution in [0.3, 0.4) is 0 Å². The van der Waals surface area contributed by atoms with Crippen LogP contribution in [0.15, 0.2) is 29.5 Å². The summed E-state index contributed by atoms with van der Waals surface area (Å²) in [5.74, 6) is 0.961. The summed E-state index contributed by atoms with van der Waals surface area (Å²) in [4.78, 5) is 27.8. The number of methoxy groups -OCH3 is 2. The van der Waals surface area contributed by atoms with Crippen LogP contribution in [0.2, 0.25) is 0 Å². The van der Waals surface area contributed by atoms with Crippen molar-refractivity contribution in [3.05, 3.63) is 40.6 Å². The number of amides is 2.